The molecule has 0 aliphatic heterocycles. The third-order valence-corrected chi connectivity index (χ3v) is 7.12. The van der Waals surface area contributed by atoms with E-state index < -0.39 is 18.8 Å². The van der Waals surface area contributed by atoms with Gasteiger partial charge in [0.2, 0.25) is 11.8 Å². The molecule has 0 spiro atoms. The summed E-state index contributed by atoms with van der Waals surface area (Å²) in [5.74, 6) is 0.814. The lowest BCUT2D eigenvalue weighted by Crippen LogP contribution is -2.45. The van der Waals surface area contributed by atoms with E-state index in [1.54, 1.807) is 6.42 Å². The first kappa shape index (κ1) is 33.4. The molecule has 212 valence electrons. The molecule has 0 unspecified atom stereocenters. The molecule has 0 aliphatic rings. The van der Waals surface area contributed by atoms with Crippen LogP contribution in [0.4, 0.5) is 5.82 Å². The lowest BCUT2D eigenvalue weighted by atomic mass is 10.0. The Morgan fingerprint density at radius 2 is 1.65 bits per heavy atom. The summed E-state index contributed by atoms with van der Waals surface area (Å²) in [6, 6.07) is -0.701. The van der Waals surface area contributed by atoms with Crippen LogP contribution in [-0.2, 0) is 16.1 Å². The van der Waals surface area contributed by atoms with Crippen LogP contribution in [0, 0.1) is 13.3 Å². The van der Waals surface area contributed by atoms with E-state index in [1.165, 1.54) is 86.8 Å². The Bertz CT molecular complexity index is 719. The summed E-state index contributed by atoms with van der Waals surface area (Å²) in [6.07, 6.45) is 18.9. The van der Waals surface area contributed by atoms with Crippen molar-refractivity contribution in [2.24, 2.45) is 0 Å². The molecule has 2 atom stereocenters. The van der Waals surface area contributed by atoms with E-state index in [9.17, 15) is 14.7 Å². The van der Waals surface area contributed by atoms with Crippen molar-refractivity contribution in [2.75, 3.05) is 23.4 Å². The second kappa shape index (κ2) is 22.3. The van der Waals surface area contributed by atoms with Gasteiger partial charge in [0.05, 0.1) is 25.5 Å². The van der Waals surface area contributed by atoms with Crippen molar-refractivity contribution in [3.05, 3.63) is 19.5 Å². The van der Waals surface area contributed by atoms with Crippen LogP contribution in [0.3, 0.4) is 0 Å². The number of rotatable bonds is 24. The van der Waals surface area contributed by atoms with E-state index in [-0.39, 0.29) is 24.2 Å². The van der Waals surface area contributed by atoms with Crippen molar-refractivity contribution >= 4 is 29.4 Å². The molecule has 0 saturated carbocycles. The quantitative estimate of drug-likeness (QED) is 0.144. The number of aliphatic hydroxyl groups excluding tert-OH is 2. The average Bonchev–Trinajstić information content (AvgIpc) is 3.32. The highest BCUT2D eigenvalue weighted by Crippen LogP contribution is 2.13. The monoisotopic (exact) mass is 539 g/mol. The standard InChI is InChI=1S/C27H49N5O4S/c1-3-5-6-7-8-9-10-11-12-13-14-15-16-17-26(35)28-24(22-37-18-4-2)27(36)29-25-20-32(31-30-25)19-23(34)21-33/h4,20,23-24,33-34H,2-3,5-19,21-22H2,1H3,(H,28,35)(H,29,36)/t23-,24-/m1/s1. The van der Waals surface area contributed by atoms with Crippen molar-refractivity contribution in [1.29, 1.82) is 0 Å². The highest BCUT2D eigenvalue weighted by molar-refractivity contribution is 7.99. The van der Waals surface area contributed by atoms with E-state index in [4.69, 9.17) is 5.11 Å². The summed E-state index contributed by atoms with van der Waals surface area (Å²) in [6.45, 7) is 5.62. The third-order valence-electron chi connectivity index (χ3n) is 6.08. The minimum atomic E-state index is -0.960. The summed E-state index contributed by atoms with van der Waals surface area (Å²) in [5, 5.41) is 31.7. The fraction of sp³-hybridized carbons (Fsp3) is 0.778. The smallest absolute Gasteiger partial charge is 0.249 e. The van der Waals surface area contributed by atoms with Gasteiger partial charge < -0.3 is 20.8 Å². The first-order valence-electron chi connectivity index (χ1n) is 14.0. The van der Waals surface area contributed by atoms with Gasteiger partial charge >= 0.3 is 0 Å². The summed E-state index contributed by atoms with van der Waals surface area (Å²) >= 11 is 1.51. The number of unbranched alkanes of at least 4 members (excludes halogenated alkanes) is 12. The Kier molecular flexibility index (Phi) is 20.2. The van der Waals surface area contributed by atoms with E-state index in [0.29, 0.717) is 17.9 Å². The number of aliphatic hydroxyl groups is 2. The number of aromatic nitrogens is 3. The first-order valence-corrected chi connectivity index (χ1v) is 15.1. The fourth-order valence-electron chi connectivity index (χ4n) is 3.95. The van der Waals surface area contributed by atoms with Gasteiger partial charge in [-0.15, -0.1) is 5.10 Å². The molecule has 1 rings (SSSR count). The Morgan fingerprint density at radius 1 is 1.05 bits per heavy atom. The van der Waals surface area contributed by atoms with Crippen molar-refractivity contribution in [3.63, 3.8) is 0 Å². The number of thioether (sulfide) groups is 1. The fourth-order valence-corrected chi connectivity index (χ4v) is 4.73. The van der Waals surface area contributed by atoms with Gasteiger partial charge in [-0.05, 0) is 25.5 Å². The summed E-state index contributed by atoms with van der Waals surface area (Å²) < 4.78 is 1.34. The van der Waals surface area contributed by atoms with Crippen LogP contribution in [0.1, 0.15) is 96.8 Å². The highest BCUT2D eigenvalue weighted by atomic mass is 32.2. The first-order chi connectivity index (χ1) is 18.0. The molecule has 0 saturated heterocycles. The maximum absolute atomic E-state index is 12.8. The van der Waals surface area contributed by atoms with Gasteiger partial charge in [0, 0.05) is 12.2 Å². The predicted octanol–water partition coefficient (Wildman–Crippen LogP) is 4.31. The van der Waals surface area contributed by atoms with Crippen LogP contribution in [-0.4, -0.2) is 67.3 Å². The number of nitrogens with one attached hydrogen (secondary N) is 2. The number of hydrogen-bond acceptors (Lipinski definition) is 7. The zero-order chi connectivity index (χ0) is 27.1. The number of anilines is 1. The van der Waals surface area contributed by atoms with E-state index in [0.717, 1.165) is 19.3 Å². The molecule has 9 nitrogen and oxygen atoms in total. The van der Waals surface area contributed by atoms with Crippen LogP contribution in [0.25, 0.3) is 0 Å². The lowest BCUT2D eigenvalue weighted by Gasteiger charge is -2.17. The van der Waals surface area contributed by atoms with Crippen LogP contribution < -0.4 is 10.6 Å². The third kappa shape index (κ3) is 17.5. The average molecular weight is 540 g/mol. The summed E-state index contributed by atoms with van der Waals surface area (Å²) in [4.78, 5) is 25.3. The van der Waals surface area contributed by atoms with Crippen molar-refractivity contribution < 1.29 is 19.8 Å². The van der Waals surface area contributed by atoms with Crippen molar-refractivity contribution in [1.82, 2.24) is 20.3 Å². The van der Waals surface area contributed by atoms with E-state index in [1.807, 2.05) is 0 Å². The summed E-state index contributed by atoms with van der Waals surface area (Å²) in [7, 11) is 0. The summed E-state index contributed by atoms with van der Waals surface area (Å²) in [5.41, 5.74) is 0. The van der Waals surface area contributed by atoms with Gasteiger partial charge in [-0.3, -0.25) is 9.59 Å². The molecule has 2 amide bonds. The van der Waals surface area contributed by atoms with Gasteiger partial charge in [0.15, 0.2) is 5.82 Å². The molecule has 0 aromatic carbocycles. The molecule has 1 aromatic rings. The number of carbonyl (C=O) groups excluding carboxylic acids is 2. The molecule has 0 aliphatic carbocycles. The molecule has 1 aromatic heterocycles. The van der Waals surface area contributed by atoms with Crippen LogP contribution in [0.2, 0.25) is 0 Å². The number of hydrogen-bond donors (Lipinski definition) is 4. The highest BCUT2D eigenvalue weighted by Gasteiger charge is 2.22. The van der Waals surface area contributed by atoms with Gasteiger partial charge in [0.25, 0.3) is 0 Å². The predicted molar refractivity (Wildman–Crippen MR) is 151 cm³/mol. The van der Waals surface area contributed by atoms with Gasteiger partial charge in [-0.2, -0.15) is 11.8 Å². The normalized spacial score (nSPS) is 12.9. The van der Waals surface area contributed by atoms with Crippen LogP contribution in [0.15, 0.2) is 6.20 Å². The van der Waals surface area contributed by atoms with Crippen LogP contribution >= 0.6 is 11.8 Å². The maximum atomic E-state index is 12.8. The van der Waals surface area contributed by atoms with Gasteiger partial charge in [0.1, 0.15) is 6.04 Å². The molecule has 4 N–H and O–H groups in total. The molecule has 2 radical (unpaired) electrons. The molecular formula is C27H49N5O4S. The second-order valence-corrected chi connectivity index (χ2v) is 10.7. The Morgan fingerprint density at radius 3 is 2.22 bits per heavy atom. The largest absolute Gasteiger partial charge is 0.394 e. The molecule has 0 fully saturated rings. The zero-order valence-electron chi connectivity index (χ0n) is 22.7. The van der Waals surface area contributed by atoms with Gasteiger partial charge in [-0.25, -0.2) is 4.68 Å². The molecule has 0 bridgehead atoms. The molecular weight excluding hydrogens is 490 g/mol. The minimum Gasteiger partial charge on any atom is -0.394 e. The zero-order valence-corrected chi connectivity index (χ0v) is 23.5. The van der Waals surface area contributed by atoms with Crippen molar-refractivity contribution in [3.8, 4) is 0 Å². The Hall–Kier alpha value is -1.65. The number of amides is 2. The topological polar surface area (TPSA) is 129 Å². The molecule has 1 heterocycles. The van der Waals surface area contributed by atoms with Crippen LogP contribution in [0.5, 0.6) is 0 Å². The number of nitrogens with zero attached hydrogens (tertiary/aromatic N) is 3. The van der Waals surface area contributed by atoms with E-state index in [2.05, 4.69) is 34.8 Å². The molecule has 10 heteroatoms. The lowest BCUT2D eigenvalue weighted by molar-refractivity contribution is -0.126. The maximum Gasteiger partial charge on any atom is 0.249 e. The van der Waals surface area contributed by atoms with Gasteiger partial charge in [-0.1, -0.05) is 89.2 Å². The second-order valence-electron chi connectivity index (χ2n) is 9.59. The SMILES string of the molecule is [CH2][CH]CSC[C@@H](NC(=O)CCCCCCCCCCCCCCC)C(=O)Nc1cn(C[C@@H](O)CO)nn1. The molecule has 37 heavy (non-hydrogen) atoms. The number of carbonyl (C=O) groups is 2. The van der Waals surface area contributed by atoms with E-state index >= 15 is 0 Å². The Balaban J connectivity index is 2.27. The van der Waals surface area contributed by atoms with Crippen molar-refractivity contribution in [2.45, 2.75) is 116 Å². The minimum absolute atomic E-state index is 0.0633. The Labute approximate surface area is 227 Å².